The number of phenolic OH excluding ortho intramolecular Hbond substituents is 1. The highest BCUT2D eigenvalue weighted by Gasteiger charge is 2.13. The normalized spacial score (nSPS) is 11.1. The first-order valence-corrected chi connectivity index (χ1v) is 10.7. The van der Waals surface area contributed by atoms with Crippen molar-refractivity contribution >= 4 is 35.2 Å². The summed E-state index contributed by atoms with van der Waals surface area (Å²) in [6.07, 6.45) is 3.58. The molecule has 0 spiro atoms. The Balaban J connectivity index is 1.53. The Morgan fingerprint density at radius 2 is 1.63 bits per heavy atom. The lowest BCUT2D eigenvalue weighted by Gasteiger charge is -2.08. The third-order valence-electron chi connectivity index (χ3n) is 5.14. The molecular weight excluding hydrogens is 446 g/mol. The van der Waals surface area contributed by atoms with E-state index in [4.69, 9.17) is 13.9 Å². The highest BCUT2D eigenvalue weighted by Crippen LogP contribution is 2.29. The highest BCUT2D eigenvalue weighted by atomic mass is 16.5. The van der Waals surface area contributed by atoms with Crippen molar-refractivity contribution in [2.24, 2.45) is 0 Å². The van der Waals surface area contributed by atoms with Gasteiger partial charge in [0.2, 0.25) is 5.95 Å². The van der Waals surface area contributed by atoms with Crippen LogP contribution in [0.4, 0.5) is 12.0 Å². The molecule has 3 aromatic carbocycles. The Morgan fingerprint density at radius 1 is 0.829 bits per heavy atom. The van der Waals surface area contributed by atoms with Crippen molar-refractivity contribution in [1.29, 1.82) is 0 Å². The molecule has 0 aliphatic rings. The van der Waals surface area contributed by atoms with Crippen molar-refractivity contribution in [1.82, 2.24) is 19.9 Å². The SMILES string of the molecule is COc1ccc(/C=C/c2nc(Nc3nc4ccccc4o3)nc(-c3ccccc3O)n2)cc1OC. The van der Waals surface area contributed by atoms with E-state index in [-0.39, 0.29) is 17.7 Å². The second-order valence-electron chi connectivity index (χ2n) is 7.42. The maximum atomic E-state index is 10.4. The Kier molecular flexibility index (Phi) is 5.96. The number of rotatable bonds is 7. The number of hydrogen-bond acceptors (Lipinski definition) is 9. The maximum absolute atomic E-state index is 10.4. The topological polar surface area (TPSA) is 115 Å². The number of fused-ring (bicyclic) bond motifs is 1. The first kappa shape index (κ1) is 21.9. The van der Waals surface area contributed by atoms with E-state index in [1.807, 2.05) is 48.5 Å². The van der Waals surface area contributed by atoms with Crippen LogP contribution in [0.25, 0.3) is 34.6 Å². The van der Waals surface area contributed by atoms with Crippen molar-refractivity contribution in [3.05, 3.63) is 78.1 Å². The number of nitrogens with zero attached hydrogens (tertiary/aromatic N) is 4. The molecule has 174 valence electrons. The zero-order valence-electron chi connectivity index (χ0n) is 19.0. The van der Waals surface area contributed by atoms with E-state index in [9.17, 15) is 5.11 Å². The molecule has 5 rings (SSSR count). The van der Waals surface area contributed by atoms with E-state index in [2.05, 4.69) is 25.3 Å². The second kappa shape index (κ2) is 9.52. The molecule has 0 aliphatic heterocycles. The largest absolute Gasteiger partial charge is 0.507 e. The van der Waals surface area contributed by atoms with Crippen LogP contribution < -0.4 is 14.8 Å². The molecular formula is C26H21N5O4. The molecule has 0 fully saturated rings. The number of phenols is 1. The molecule has 2 heterocycles. The summed E-state index contributed by atoms with van der Waals surface area (Å²) in [4.78, 5) is 17.9. The van der Waals surface area contributed by atoms with E-state index >= 15 is 0 Å². The molecule has 0 aliphatic carbocycles. The monoisotopic (exact) mass is 467 g/mol. The summed E-state index contributed by atoms with van der Waals surface area (Å²) in [5.74, 6) is 2.18. The second-order valence-corrected chi connectivity index (χ2v) is 7.42. The molecule has 2 aromatic heterocycles. The lowest BCUT2D eigenvalue weighted by Crippen LogP contribution is -2.03. The summed E-state index contributed by atoms with van der Waals surface area (Å²) in [5.41, 5.74) is 2.68. The van der Waals surface area contributed by atoms with Crippen molar-refractivity contribution in [2.45, 2.75) is 0 Å². The molecule has 5 aromatic rings. The average molecular weight is 467 g/mol. The Hall–Kier alpha value is -4.92. The van der Waals surface area contributed by atoms with Crippen LogP contribution in [0, 0.1) is 0 Å². The highest BCUT2D eigenvalue weighted by molar-refractivity contribution is 5.75. The van der Waals surface area contributed by atoms with Gasteiger partial charge in [0.1, 0.15) is 11.3 Å². The maximum Gasteiger partial charge on any atom is 0.302 e. The number of methoxy groups -OCH3 is 2. The summed E-state index contributed by atoms with van der Waals surface area (Å²) in [6.45, 7) is 0. The quantitative estimate of drug-likeness (QED) is 0.328. The van der Waals surface area contributed by atoms with Gasteiger partial charge in [-0.25, -0.2) is 4.98 Å². The zero-order valence-corrected chi connectivity index (χ0v) is 19.0. The summed E-state index contributed by atoms with van der Waals surface area (Å²) in [5, 5.41) is 13.4. The van der Waals surface area contributed by atoms with Crippen LogP contribution in [-0.2, 0) is 0 Å². The van der Waals surface area contributed by atoms with Gasteiger partial charge in [0.25, 0.3) is 0 Å². The summed E-state index contributed by atoms with van der Waals surface area (Å²) >= 11 is 0. The van der Waals surface area contributed by atoms with Gasteiger partial charge < -0.3 is 19.0 Å². The smallest absolute Gasteiger partial charge is 0.302 e. The van der Waals surface area contributed by atoms with Gasteiger partial charge in [0.05, 0.1) is 19.8 Å². The lowest BCUT2D eigenvalue weighted by molar-refractivity contribution is 0.355. The molecule has 35 heavy (non-hydrogen) atoms. The van der Waals surface area contributed by atoms with Crippen LogP contribution in [0.3, 0.4) is 0 Å². The third-order valence-corrected chi connectivity index (χ3v) is 5.14. The van der Waals surface area contributed by atoms with E-state index in [0.717, 1.165) is 5.56 Å². The predicted octanol–water partition coefficient (Wildman–Crippen LogP) is 5.32. The minimum absolute atomic E-state index is 0.0568. The standard InChI is InChI=1S/C26H21N5O4/c1-33-21-13-11-16(15-22(21)34-2)12-14-23-28-24(17-7-3-5-9-19(17)32)30-25(29-23)31-26-27-18-8-4-6-10-20(18)35-26/h3-15,32H,1-2H3,(H,27,28,29,30,31)/b14-12+. The fraction of sp³-hybridized carbons (Fsp3) is 0.0769. The number of oxazole rings is 1. The van der Waals surface area contributed by atoms with Crippen molar-refractivity contribution in [3.63, 3.8) is 0 Å². The van der Waals surface area contributed by atoms with E-state index in [1.165, 1.54) is 0 Å². The van der Waals surface area contributed by atoms with Crippen LogP contribution in [0.5, 0.6) is 17.2 Å². The number of hydrogen-bond donors (Lipinski definition) is 2. The number of benzene rings is 3. The van der Waals surface area contributed by atoms with Gasteiger partial charge in [-0.1, -0.05) is 36.4 Å². The Morgan fingerprint density at radius 3 is 2.43 bits per heavy atom. The molecule has 2 N–H and O–H groups in total. The Bertz CT molecular complexity index is 1500. The number of anilines is 2. The molecule has 9 nitrogen and oxygen atoms in total. The Labute approximate surface area is 200 Å². The van der Waals surface area contributed by atoms with Gasteiger partial charge >= 0.3 is 6.01 Å². The lowest BCUT2D eigenvalue weighted by atomic mass is 10.2. The number of ether oxygens (including phenoxy) is 2. The van der Waals surface area contributed by atoms with Gasteiger partial charge in [-0.3, -0.25) is 5.32 Å². The third kappa shape index (κ3) is 4.74. The molecule has 0 saturated heterocycles. The summed E-state index contributed by atoms with van der Waals surface area (Å²) < 4.78 is 16.4. The minimum Gasteiger partial charge on any atom is -0.507 e. The summed E-state index contributed by atoms with van der Waals surface area (Å²) in [6, 6.07) is 20.1. The van der Waals surface area contributed by atoms with Gasteiger partial charge in [-0.2, -0.15) is 15.0 Å². The molecule has 0 saturated carbocycles. The van der Waals surface area contributed by atoms with E-state index in [1.54, 1.807) is 44.6 Å². The van der Waals surface area contributed by atoms with Crippen LogP contribution in [-0.4, -0.2) is 39.3 Å². The van der Waals surface area contributed by atoms with Crippen LogP contribution in [0.1, 0.15) is 11.4 Å². The fourth-order valence-electron chi connectivity index (χ4n) is 3.45. The number of para-hydroxylation sites is 3. The number of aromatic hydroxyl groups is 1. The van der Waals surface area contributed by atoms with Crippen LogP contribution >= 0.6 is 0 Å². The van der Waals surface area contributed by atoms with Crippen molar-refractivity contribution < 1.29 is 19.0 Å². The fourth-order valence-corrected chi connectivity index (χ4v) is 3.45. The molecule has 0 amide bonds. The number of aromatic nitrogens is 4. The first-order chi connectivity index (χ1) is 17.1. The molecule has 0 radical (unpaired) electrons. The van der Waals surface area contributed by atoms with E-state index < -0.39 is 0 Å². The van der Waals surface area contributed by atoms with Gasteiger partial charge in [0, 0.05) is 0 Å². The van der Waals surface area contributed by atoms with Gasteiger partial charge in [-0.05, 0) is 48.0 Å². The molecule has 0 unspecified atom stereocenters. The summed E-state index contributed by atoms with van der Waals surface area (Å²) in [7, 11) is 3.17. The first-order valence-electron chi connectivity index (χ1n) is 10.7. The van der Waals surface area contributed by atoms with Crippen LogP contribution in [0.15, 0.2) is 71.1 Å². The molecule has 0 bridgehead atoms. The minimum atomic E-state index is 0.0568. The van der Waals surface area contributed by atoms with Gasteiger partial charge in [0.15, 0.2) is 28.7 Å². The van der Waals surface area contributed by atoms with Crippen molar-refractivity contribution in [2.75, 3.05) is 19.5 Å². The average Bonchev–Trinajstić information content (AvgIpc) is 3.29. The van der Waals surface area contributed by atoms with Crippen LogP contribution in [0.2, 0.25) is 0 Å². The van der Waals surface area contributed by atoms with Gasteiger partial charge in [-0.15, -0.1) is 0 Å². The molecule has 9 heteroatoms. The number of nitrogens with one attached hydrogen (secondary N) is 1. The molecule has 0 atom stereocenters. The zero-order chi connectivity index (χ0) is 24.2. The van der Waals surface area contributed by atoms with Crippen molar-refractivity contribution in [3.8, 4) is 28.6 Å². The predicted molar refractivity (Wildman–Crippen MR) is 133 cm³/mol. The van der Waals surface area contributed by atoms with E-state index in [0.29, 0.717) is 39.8 Å².